The van der Waals surface area contributed by atoms with Crippen molar-refractivity contribution in [2.75, 3.05) is 25.0 Å². The van der Waals surface area contributed by atoms with Gasteiger partial charge in [-0.1, -0.05) is 0 Å². The molecule has 0 atom stereocenters. The van der Waals surface area contributed by atoms with Crippen molar-refractivity contribution in [2.45, 2.75) is 4.90 Å². The number of rotatable bonds is 5. The highest BCUT2D eigenvalue weighted by atomic mass is 32.2. The van der Waals surface area contributed by atoms with Crippen LogP contribution in [0.1, 0.15) is 10.4 Å². The van der Waals surface area contributed by atoms with Crippen LogP contribution >= 0.6 is 0 Å². The SMILES string of the molecule is CONC(=O)c1ccc(NS(=O)(=O)c2ccc3c(c2)OCCO3)cc1. The lowest BCUT2D eigenvalue weighted by Crippen LogP contribution is -2.21. The Hall–Kier alpha value is -2.78. The van der Waals surface area contributed by atoms with E-state index in [0.717, 1.165) is 0 Å². The van der Waals surface area contributed by atoms with Crippen molar-refractivity contribution < 1.29 is 27.5 Å². The van der Waals surface area contributed by atoms with Crippen molar-refractivity contribution in [1.82, 2.24) is 5.48 Å². The summed E-state index contributed by atoms with van der Waals surface area (Å²) in [5, 5.41) is 0. The van der Waals surface area contributed by atoms with Gasteiger partial charge >= 0.3 is 0 Å². The van der Waals surface area contributed by atoms with Gasteiger partial charge in [0.25, 0.3) is 15.9 Å². The summed E-state index contributed by atoms with van der Waals surface area (Å²) in [5.74, 6) is 0.475. The van der Waals surface area contributed by atoms with Crippen molar-refractivity contribution in [3.8, 4) is 11.5 Å². The Kier molecular flexibility index (Phi) is 4.77. The number of carbonyl (C=O) groups excluding carboxylic acids is 1. The molecule has 8 nitrogen and oxygen atoms in total. The lowest BCUT2D eigenvalue weighted by molar-refractivity contribution is 0.0537. The van der Waals surface area contributed by atoms with Crippen molar-refractivity contribution >= 4 is 21.6 Å². The summed E-state index contributed by atoms with van der Waals surface area (Å²) in [7, 11) is -2.47. The minimum atomic E-state index is -3.80. The Morgan fingerprint density at radius 3 is 2.40 bits per heavy atom. The molecule has 0 aliphatic carbocycles. The van der Waals surface area contributed by atoms with Gasteiger partial charge in [-0.25, -0.2) is 13.9 Å². The fraction of sp³-hybridized carbons (Fsp3) is 0.188. The number of benzene rings is 2. The van der Waals surface area contributed by atoms with Crippen LogP contribution in [0.2, 0.25) is 0 Å². The quantitative estimate of drug-likeness (QED) is 0.781. The summed E-state index contributed by atoms with van der Waals surface area (Å²) < 4.78 is 38.2. The van der Waals surface area contributed by atoms with Crippen LogP contribution in [-0.4, -0.2) is 34.6 Å². The highest BCUT2D eigenvalue weighted by Crippen LogP contribution is 2.32. The molecule has 3 rings (SSSR count). The molecule has 0 spiro atoms. The van der Waals surface area contributed by atoms with Gasteiger partial charge in [-0.3, -0.25) is 14.4 Å². The zero-order valence-electron chi connectivity index (χ0n) is 13.3. The highest BCUT2D eigenvalue weighted by molar-refractivity contribution is 7.92. The normalized spacial score (nSPS) is 13.2. The van der Waals surface area contributed by atoms with Gasteiger partial charge in [0.1, 0.15) is 13.2 Å². The molecule has 2 N–H and O–H groups in total. The zero-order chi connectivity index (χ0) is 17.9. The van der Waals surface area contributed by atoms with Crippen LogP contribution in [-0.2, 0) is 14.9 Å². The van der Waals surface area contributed by atoms with Crippen LogP contribution in [0.4, 0.5) is 5.69 Å². The Morgan fingerprint density at radius 2 is 1.72 bits per heavy atom. The summed E-state index contributed by atoms with van der Waals surface area (Å²) in [5.41, 5.74) is 2.84. The number of ether oxygens (including phenoxy) is 2. The summed E-state index contributed by atoms with van der Waals surface area (Å²) in [6.07, 6.45) is 0. The molecule has 0 saturated carbocycles. The maximum Gasteiger partial charge on any atom is 0.274 e. The molecular formula is C16H16N2O6S. The van der Waals surface area contributed by atoms with E-state index in [-0.39, 0.29) is 4.90 Å². The van der Waals surface area contributed by atoms with Crippen LogP contribution in [0.3, 0.4) is 0 Å². The number of fused-ring (bicyclic) bond motifs is 1. The molecule has 0 fully saturated rings. The third-order valence-electron chi connectivity index (χ3n) is 3.42. The smallest absolute Gasteiger partial charge is 0.274 e. The predicted molar refractivity (Wildman–Crippen MR) is 89.2 cm³/mol. The molecule has 25 heavy (non-hydrogen) atoms. The summed E-state index contributed by atoms with van der Waals surface area (Å²) in [4.78, 5) is 16.2. The van der Waals surface area contributed by atoms with E-state index in [9.17, 15) is 13.2 Å². The number of hydroxylamine groups is 1. The van der Waals surface area contributed by atoms with Crippen molar-refractivity contribution in [1.29, 1.82) is 0 Å². The Morgan fingerprint density at radius 1 is 1.04 bits per heavy atom. The monoisotopic (exact) mass is 364 g/mol. The Balaban J connectivity index is 1.78. The van der Waals surface area contributed by atoms with Crippen LogP contribution in [0, 0.1) is 0 Å². The lowest BCUT2D eigenvalue weighted by atomic mass is 10.2. The second-order valence-corrected chi connectivity index (χ2v) is 6.81. The molecule has 1 aliphatic rings. The van der Waals surface area contributed by atoms with E-state index in [1.54, 1.807) is 6.07 Å². The van der Waals surface area contributed by atoms with Crippen LogP contribution in [0.5, 0.6) is 11.5 Å². The maximum absolute atomic E-state index is 12.5. The zero-order valence-corrected chi connectivity index (χ0v) is 14.1. The van der Waals surface area contributed by atoms with Gasteiger partial charge in [-0.15, -0.1) is 0 Å². The number of amides is 1. The van der Waals surface area contributed by atoms with E-state index in [0.29, 0.717) is 36.0 Å². The van der Waals surface area contributed by atoms with E-state index in [1.165, 1.54) is 43.5 Å². The molecule has 132 valence electrons. The van der Waals surface area contributed by atoms with Crippen LogP contribution < -0.4 is 19.7 Å². The fourth-order valence-electron chi connectivity index (χ4n) is 2.25. The van der Waals surface area contributed by atoms with Crippen LogP contribution in [0.25, 0.3) is 0 Å². The summed E-state index contributed by atoms with van der Waals surface area (Å²) in [6.45, 7) is 0.801. The van der Waals surface area contributed by atoms with E-state index < -0.39 is 15.9 Å². The van der Waals surface area contributed by atoms with Gasteiger partial charge in [-0.2, -0.15) is 0 Å². The first-order chi connectivity index (χ1) is 12.0. The minimum absolute atomic E-state index is 0.0537. The van der Waals surface area contributed by atoms with Crippen molar-refractivity contribution in [3.63, 3.8) is 0 Å². The number of hydrogen-bond acceptors (Lipinski definition) is 6. The molecule has 0 aromatic heterocycles. The van der Waals surface area contributed by atoms with Crippen molar-refractivity contribution in [3.05, 3.63) is 48.0 Å². The summed E-state index contributed by atoms with van der Waals surface area (Å²) in [6, 6.07) is 10.3. The third kappa shape index (κ3) is 3.83. The van der Waals surface area contributed by atoms with E-state index >= 15 is 0 Å². The average molecular weight is 364 g/mol. The van der Waals surface area contributed by atoms with Gasteiger partial charge in [0.2, 0.25) is 0 Å². The number of carbonyl (C=O) groups is 1. The summed E-state index contributed by atoms with van der Waals surface area (Å²) >= 11 is 0. The molecule has 0 bridgehead atoms. The average Bonchev–Trinajstić information content (AvgIpc) is 2.62. The molecule has 0 unspecified atom stereocenters. The number of hydrogen-bond donors (Lipinski definition) is 2. The largest absolute Gasteiger partial charge is 0.486 e. The first-order valence-electron chi connectivity index (χ1n) is 7.35. The van der Waals surface area contributed by atoms with Gasteiger partial charge in [0.05, 0.1) is 12.0 Å². The van der Waals surface area contributed by atoms with Gasteiger partial charge in [0.15, 0.2) is 11.5 Å². The van der Waals surface area contributed by atoms with E-state index in [2.05, 4.69) is 15.0 Å². The second kappa shape index (κ2) is 6.99. The molecule has 2 aromatic carbocycles. The molecule has 1 aliphatic heterocycles. The fourth-order valence-corrected chi connectivity index (χ4v) is 3.32. The van der Waals surface area contributed by atoms with Crippen molar-refractivity contribution in [2.24, 2.45) is 0 Å². The Labute approximate surface area is 144 Å². The van der Waals surface area contributed by atoms with Crippen LogP contribution in [0.15, 0.2) is 47.4 Å². The highest BCUT2D eigenvalue weighted by Gasteiger charge is 2.19. The van der Waals surface area contributed by atoms with Gasteiger partial charge in [-0.05, 0) is 36.4 Å². The van der Waals surface area contributed by atoms with E-state index in [1.807, 2.05) is 0 Å². The standard InChI is InChI=1S/C16H16N2O6S/c1-22-17-16(19)11-2-4-12(5-3-11)18-25(20,21)13-6-7-14-15(10-13)24-9-8-23-14/h2-7,10,18H,8-9H2,1H3,(H,17,19). The lowest BCUT2D eigenvalue weighted by Gasteiger charge is -2.19. The predicted octanol–water partition coefficient (Wildman–Crippen LogP) is 1.55. The molecule has 1 heterocycles. The molecule has 2 aromatic rings. The molecule has 0 radical (unpaired) electrons. The number of nitrogens with one attached hydrogen (secondary N) is 2. The molecule has 1 amide bonds. The molecule has 0 saturated heterocycles. The van der Waals surface area contributed by atoms with Gasteiger partial charge in [0, 0.05) is 17.3 Å². The topological polar surface area (TPSA) is 103 Å². The number of sulfonamides is 1. The minimum Gasteiger partial charge on any atom is -0.486 e. The first kappa shape index (κ1) is 17.1. The third-order valence-corrected chi connectivity index (χ3v) is 4.80. The Bertz CT molecular complexity index is 880. The van der Waals surface area contributed by atoms with E-state index in [4.69, 9.17) is 9.47 Å². The maximum atomic E-state index is 12.5. The molecular weight excluding hydrogens is 348 g/mol. The first-order valence-corrected chi connectivity index (χ1v) is 8.84. The molecule has 9 heteroatoms. The number of anilines is 1. The second-order valence-electron chi connectivity index (χ2n) is 5.12. The van der Waals surface area contributed by atoms with Gasteiger partial charge < -0.3 is 9.47 Å².